The van der Waals surface area contributed by atoms with E-state index in [4.69, 9.17) is 47.0 Å². The lowest BCUT2D eigenvalue weighted by atomic mass is 9.94. The zero-order valence-electron chi connectivity index (χ0n) is 25.6. The summed E-state index contributed by atoms with van der Waals surface area (Å²) in [6.07, 6.45) is -9.80. The highest BCUT2D eigenvalue weighted by Crippen LogP contribution is 2.39. The number of pyridine rings is 1. The third-order valence-electron chi connectivity index (χ3n) is 6.84. The molecule has 2 aromatic rings. The van der Waals surface area contributed by atoms with Gasteiger partial charge in [0.05, 0.1) is 0 Å². The number of carboxylic acid groups (broad SMARTS) is 3. The number of carbonyl (C=O) groups excluding carboxylic acids is 2. The molecular weight excluding hydrogens is 743 g/mol. The lowest BCUT2D eigenvalue weighted by molar-refractivity contribution is -0.193. The number of halogens is 10. The van der Waals surface area contributed by atoms with Crippen LogP contribution < -0.4 is 11.1 Å². The quantitative estimate of drug-likeness (QED) is 0.242. The number of benzene rings is 1. The maximum absolute atomic E-state index is 13.3. The Morgan fingerprint density at radius 1 is 0.902 bits per heavy atom. The fraction of sp³-hybridized carbons (Fsp3) is 0.429. The van der Waals surface area contributed by atoms with Crippen LogP contribution in [-0.2, 0) is 49.1 Å². The van der Waals surface area contributed by atoms with Gasteiger partial charge in [-0.05, 0) is 66.1 Å². The number of amides is 2. The van der Waals surface area contributed by atoms with Gasteiger partial charge in [0.1, 0.15) is 6.04 Å². The lowest BCUT2D eigenvalue weighted by Crippen LogP contribution is -2.52. The van der Waals surface area contributed by atoms with Crippen molar-refractivity contribution < 1.29 is 83.9 Å². The summed E-state index contributed by atoms with van der Waals surface area (Å²) in [6, 6.07) is 6.49. The Kier molecular flexibility index (Phi) is 15.6. The number of hydrogen-bond donors (Lipinski definition) is 6. The Morgan fingerprint density at radius 3 is 1.88 bits per heavy atom. The van der Waals surface area contributed by atoms with Crippen molar-refractivity contribution in [2.24, 2.45) is 5.73 Å². The molecule has 1 aliphatic carbocycles. The minimum Gasteiger partial charge on any atom is -0.475 e. The molecule has 1 aliphatic heterocycles. The molecule has 0 spiro atoms. The van der Waals surface area contributed by atoms with Crippen molar-refractivity contribution in [3.8, 4) is 0 Å². The number of carbonyl (C=O) groups is 5. The van der Waals surface area contributed by atoms with Gasteiger partial charge in [-0.15, -0.1) is 0 Å². The molecule has 0 radical (unpaired) electrons. The van der Waals surface area contributed by atoms with Gasteiger partial charge < -0.3 is 36.4 Å². The number of rotatable bonds is 5. The number of fused-ring (bicyclic) bond motifs is 1. The van der Waals surface area contributed by atoms with E-state index in [1.807, 2.05) is 6.07 Å². The van der Waals surface area contributed by atoms with E-state index in [1.54, 1.807) is 30.6 Å². The van der Waals surface area contributed by atoms with Crippen molar-refractivity contribution in [1.29, 1.82) is 0 Å². The first kappa shape index (κ1) is 44.3. The number of nitrogens with zero attached hydrogens (tertiary/aromatic N) is 2. The van der Waals surface area contributed by atoms with Crippen molar-refractivity contribution in [3.05, 3.63) is 63.9 Å². The zero-order valence-corrected chi connectivity index (χ0v) is 26.3. The minimum absolute atomic E-state index is 0.236. The molecule has 1 aromatic heterocycles. The molecule has 1 aromatic carbocycles. The van der Waals surface area contributed by atoms with Gasteiger partial charge in [0.2, 0.25) is 5.91 Å². The van der Waals surface area contributed by atoms with Crippen molar-refractivity contribution in [2.75, 3.05) is 6.54 Å². The monoisotopic (exact) mass is 770 g/mol. The first-order chi connectivity index (χ1) is 23.3. The molecule has 2 aliphatic rings. The first-order valence-electron chi connectivity index (χ1n) is 13.9. The summed E-state index contributed by atoms with van der Waals surface area (Å²) in [5, 5.41) is 36.1. The first-order valence-corrected chi connectivity index (χ1v) is 14.3. The van der Waals surface area contributed by atoms with Gasteiger partial charge in [-0.3, -0.25) is 14.6 Å². The average Bonchev–Trinajstić information content (AvgIpc) is 3.65. The van der Waals surface area contributed by atoms with E-state index in [-0.39, 0.29) is 12.5 Å². The third kappa shape index (κ3) is 13.2. The number of carboxylic acids is 3. The molecule has 2 atom stereocenters. The largest absolute Gasteiger partial charge is 0.490 e. The van der Waals surface area contributed by atoms with Crippen LogP contribution >= 0.6 is 11.6 Å². The highest BCUT2D eigenvalue weighted by Gasteiger charge is 2.49. The van der Waals surface area contributed by atoms with E-state index < -0.39 is 54.0 Å². The second-order valence-electron chi connectivity index (χ2n) is 10.3. The molecule has 284 valence electrons. The van der Waals surface area contributed by atoms with Crippen LogP contribution in [0.3, 0.4) is 0 Å². The third-order valence-corrected chi connectivity index (χ3v) is 7.08. The molecule has 1 unspecified atom stereocenters. The molecule has 7 N–H and O–H groups in total. The fourth-order valence-electron chi connectivity index (χ4n) is 4.48. The van der Waals surface area contributed by atoms with Gasteiger partial charge in [-0.25, -0.2) is 14.4 Å². The summed E-state index contributed by atoms with van der Waals surface area (Å²) in [7, 11) is 0. The molecule has 13 nitrogen and oxygen atoms in total. The van der Waals surface area contributed by atoms with Gasteiger partial charge in [0.25, 0.3) is 5.91 Å². The molecule has 0 bridgehead atoms. The molecule has 51 heavy (non-hydrogen) atoms. The van der Waals surface area contributed by atoms with Crippen LogP contribution in [0.1, 0.15) is 41.5 Å². The van der Waals surface area contributed by atoms with Crippen LogP contribution in [0.2, 0.25) is 5.02 Å². The topological polar surface area (TPSA) is 220 Å². The van der Waals surface area contributed by atoms with Crippen LogP contribution in [0.5, 0.6) is 0 Å². The molecule has 1 fully saturated rings. The predicted octanol–water partition coefficient (Wildman–Crippen LogP) is 3.53. The normalized spacial score (nSPS) is 18.0. The minimum atomic E-state index is -5.08. The molecule has 23 heteroatoms. The Bertz CT molecular complexity index is 1520. The van der Waals surface area contributed by atoms with Crippen LogP contribution in [0.25, 0.3) is 0 Å². The summed E-state index contributed by atoms with van der Waals surface area (Å²) in [5.41, 5.74) is 7.41. The Labute approximate surface area is 285 Å². The van der Waals surface area contributed by atoms with E-state index in [0.29, 0.717) is 49.4 Å². The summed E-state index contributed by atoms with van der Waals surface area (Å²) in [6.45, 7) is 1.08. The number of nitrogens with one attached hydrogen (secondary N) is 1. The smallest absolute Gasteiger partial charge is 0.475 e. The van der Waals surface area contributed by atoms with Crippen LogP contribution in [0.4, 0.5) is 39.5 Å². The number of alkyl halides is 9. The number of aliphatic carboxylic acids is 3. The Balaban J connectivity index is 0.000000505. The van der Waals surface area contributed by atoms with Crippen molar-refractivity contribution in [1.82, 2.24) is 15.2 Å². The van der Waals surface area contributed by atoms with Gasteiger partial charge in [-0.2, -0.15) is 39.5 Å². The summed E-state index contributed by atoms with van der Waals surface area (Å²) < 4.78 is 95.2. The second-order valence-corrected chi connectivity index (χ2v) is 10.7. The van der Waals surface area contributed by atoms with Crippen LogP contribution in [0.15, 0.2) is 36.7 Å². The summed E-state index contributed by atoms with van der Waals surface area (Å²) >= 11 is 6.07. The number of hydrogen-bond acceptors (Lipinski definition) is 8. The summed E-state index contributed by atoms with van der Waals surface area (Å²) in [5.74, 6) is -8.91. The standard InChI is InChI=1S/C22H25ClN4O3.3C2HF3O2/c23-17-4-3-14(11-24)16(10-17)13-26-20(28)19-2-1-9-27(19)21(29)22(30)7-5-15-12-25-8-6-18(15)22;3*3-2(4,5)1(6)7/h3-4,6,8,10,12,19,30H,1-2,5,7,9,11,13,24H2,(H,26,28);3*(H,6,7)/t19-,22?;;;/m0.../s1. The SMILES string of the molecule is NCc1ccc(Cl)cc1CNC(=O)[C@@H]1CCCN1C(=O)C1(O)CCc2cnccc21.O=C(O)C(F)(F)F.O=C(O)C(F)(F)F.O=C(O)C(F)(F)F. The van der Waals surface area contributed by atoms with E-state index in [2.05, 4.69) is 10.3 Å². The Hall–Kier alpha value is -4.70. The summed E-state index contributed by atoms with van der Waals surface area (Å²) in [4.78, 5) is 58.5. The second kappa shape index (κ2) is 18.0. The highest BCUT2D eigenvalue weighted by atomic mass is 35.5. The van der Waals surface area contributed by atoms with E-state index in [0.717, 1.165) is 16.7 Å². The van der Waals surface area contributed by atoms with Gasteiger partial charge in [0, 0.05) is 37.1 Å². The van der Waals surface area contributed by atoms with E-state index in [1.165, 1.54) is 4.90 Å². The zero-order chi connectivity index (χ0) is 39.5. The molecule has 0 saturated carbocycles. The molecule has 4 rings (SSSR count). The molecule has 1 saturated heterocycles. The number of nitrogens with two attached hydrogens (primary N) is 1. The van der Waals surface area contributed by atoms with Crippen LogP contribution in [0, 0.1) is 0 Å². The number of aliphatic hydroxyl groups is 1. The van der Waals surface area contributed by atoms with Crippen LogP contribution in [-0.4, -0.2) is 91.1 Å². The van der Waals surface area contributed by atoms with Gasteiger partial charge in [-0.1, -0.05) is 17.7 Å². The van der Waals surface area contributed by atoms with Crippen molar-refractivity contribution in [3.63, 3.8) is 0 Å². The predicted molar refractivity (Wildman–Crippen MR) is 153 cm³/mol. The molecule has 2 amide bonds. The van der Waals surface area contributed by atoms with E-state index >= 15 is 0 Å². The number of likely N-dealkylation sites (tertiary alicyclic amines) is 1. The lowest BCUT2D eigenvalue weighted by Gasteiger charge is -2.32. The number of aryl methyl sites for hydroxylation is 1. The van der Waals surface area contributed by atoms with Crippen molar-refractivity contribution in [2.45, 2.75) is 68.9 Å². The Morgan fingerprint density at radius 2 is 1.41 bits per heavy atom. The maximum Gasteiger partial charge on any atom is 0.490 e. The highest BCUT2D eigenvalue weighted by molar-refractivity contribution is 6.30. The molecular formula is C28H28ClF9N4O9. The number of aromatic nitrogens is 1. The average molecular weight is 771 g/mol. The maximum atomic E-state index is 13.3. The molecule has 2 heterocycles. The van der Waals surface area contributed by atoms with E-state index in [9.17, 15) is 54.2 Å². The van der Waals surface area contributed by atoms with Crippen molar-refractivity contribution >= 4 is 41.3 Å². The fourth-order valence-corrected chi connectivity index (χ4v) is 4.68. The van der Waals surface area contributed by atoms with Gasteiger partial charge in [0.15, 0.2) is 5.60 Å². The van der Waals surface area contributed by atoms with Gasteiger partial charge >= 0.3 is 36.4 Å².